The summed E-state index contributed by atoms with van der Waals surface area (Å²) >= 11 is 1.75. The number of thiophene rings is 1. The second-order valence-corrected chi connectivity index (χ2v) is 5.82. The predicted molar refractivity (Wildman–Crippen MR) is 84.2 cm³/mol. The minimum atomic E-state index is 0.804. The Bertz CT molecular complexity index is 592. The molecule has 2 aromatic rings. The van der Waals surface area contributed by atoms with E-state index in [9.17, 15) is 5.21 Å². The van der Waals surface area contributed by atoms with Crippen LogP contribution in [0, 0.1) is 0 Å². The van der Waals surface area contributed by atoms with Crippen molar-refractivity contribution in [1.29, 1.82) is 0 Å². The number of benzene rings is 1. The maximum atomic E-state index is 9.20. The van der Waals surface area contributed by atoms with Gasteiger partial charge in [-0.1, -0.05) is 23.4 Å². The van der Waals surface area contributed by atoms with Crippen molar-refractivity contribution in [3.8, 4) is 0 Å². The summed E-state index contributed by atoms with van der Waals surface area (Å²) in [7, 11) is 0. The zero-order valence-corrected chi connectivity index (χ0v) is 12.1. The summed E-state index contributed by atoms with van der Waals surface area (Å²) in [5, 5.41) is 17.0. The fourth-order valence-electron chi connectivity index (χ4n) is 2.72. The lowest BCUT2D eigenvalue weighted by Gasteiger charge is -2.24. The van der Waals surface area contributed by atoms with Crippen molar-refractivity contribution in [1.82, 2.24) is 0 Å². The smallest absolute Gasteiger partial charge is 0.0889 e. The van der Waals surface area contributed by atoms with Gasteiger partial charge in [0.05, 0.1) is 5.71 Å². The fraction of sp³-hybridized carbons (Fsp3) is 0.312. The molecule has 0 saturated heterocycles. The van der Waals surface area contributed by atoms with Crippen LogP contribution in [-0.4, -0.2) is 24.0 Å². The van der Waals surface area contributed by atoms with Gasteiger partial charge < -0.3 is 10.1 Å². The quantitative estimate of drug-likeness (QED) is 0.688. The highest BCUT2D eigenvalue weighted by Crippen LogP contribution is 2.26. The summed E-state index contributed by atoms with van der Waals surface area (Å²) in [5.41, 5.74) is 4.46. The van der Waals surface area contributed by atoms with Gasteiger partial charge in [-0.15, -0.1) is 0 Å². The molecule has 104 valence electrons. The van der Waals surface area contributed by atoms with Gasteiger partial charge in [0.25, 0.3) is 0 Å². The minimum absolute atomic E-state index is 0.804. The average molecular weight is 286 g/mol. The van der Waals surface area contributed by atoms with Gasteiger partial charge in [-0.25, -0.2) is 0 Å². The molecule has 2 heterocycles. The van der Waals surface area contributed by atoms with Crippen LogP contribution in [0.2, 0.25) is 0 Å². The molecule has 20 heavy (non-hydrogen) atoms. The van der Waals surface area contributed by atoms with Crippen molar-refractivity contribution in [2.45, 2.75) is 19.3 Å². The van der Waals surface area contributed by atoms with Crippen LogP contribution >= 0.6 is 11.3 Å². The molecule has 0 saturated carbocycles. The lowest BCUT2D eigenvalue weighted by molar-refractivity contribution is 0.318. The maximum absolute atomic E-state index is 9.20. The van der Waals surface area contributed by atoms with E-state index in [1.165, 1.54) is 11.3 Å². The molecule has 1 aromatic heterocycles. The second kappa shape index (κ2) is 6.09. The van der Waals surface area contributed by atoms with Crippen molar-refractivity contribution in [3.63, 3.8) is 0 Å². The lowest BCUT2D eigenvalue weighted by atomic mass is 10.1. The first-order valence-electron chi connectivity index (χ1n) is 6.95. The molecule has 0 atom stereocenters. The van der Waals surface area contributed by atoms with Crippen molar-refractivity contribution >= 4 is 22.7 Å². The molecule has 0 amide bonds. The Labute approximate surface area is 123 Å². The van der Waals surface area contributed by atoms with Crippen LogP contribution in [0.3, 0.4) is 0 Å². The molecule has 1 N–H and O–H groups in total. The van der Waals surface area contributed by atoms with Crippen LogP contribution in [0.5, 0.6) is 0 Å². The van der Waals surface area contributed by atoms with Gasteiger partial charge in [-0.05, 0) is 47.7 Å². The zero-order chi connectivity index (χ0) is 13.8. The van der Waals surface area contributed by atoms with E-state index in [0.29, 0.717) is 0 Å². The Kier molecular flexibility index (Phi) is 4.02. The molecule has 4 heteroatoms. The average Bonchev–Trinajstić information content (AvgIpc) is 2.94. The van der Waals surface area contributed by atoms with Gasteiger partial charge in [-0.2, -0.15) is 11.3 Å². The molecule has 0 bridgehead atoms. The van der Waals surface area contributed by atoms with Gasteiger partial charge in [-0.3, -0.25) is 0 Å². The van der Waals surface area contributed by atoms with Gasteiger partial charge >= 0.3 is 0 Å². The largest absolute Gasteiger partial charge is 0.411 e. The van der Waals surface area contributed by atoms with Gasteiger partial charge in [0.1, 0.15) is 0 Å². The molecule has 3 nitrogen and oxygen atoms in total. The van der Waals surface area contributed by atoms with Gasteiger partial charge in [0.2, 0.25) is 0 Å². The van der Waals surface area contributed by atoms with Crippen LogP contribution < -0.4 is 4.90 Å². The third-order valence-electron chi connectivity index (χ3n) is 3.77. The number of para-hydroxylation sites is 1. The van der Waals surface area contributed by atoms with Gasteiger partial charge in [0, 0.05) is 24.3 Å². The molecular weight excluding hydrogens is 268 g/mol. The second-order valence-electron chi connectivity index (χ2n) is 5.04. The molecule has 0 unspecified atom stereocenters. The molecule has 1 aliphatic heterocycles. The number of fused-ring (bicyclic) bond motifs is 1. The number of anilines is 1. The first-order valence-corrected chi connectivity index (χ1v) is 7.89. The third-order valence-corrected chi connectivity index (χ3v) is 4.50. The molecule has 3 rings (SSSR count). The molecule has 0 fully saturated rings. The highest BCUT2D eigenvalue weighted by Gasteiger charge is 2.19. The number of oxime groups is 1. The number of hydrogen-bond acceptors (Lipinski definition) is 4. The Morgan fingerprint density at radius 3 is 2.95 bits per heavy atom. The molecule has 1 aromatic carbocycles. The Hall–Kier alpha value is -1.81. The lowest BCUT2D eigenvalue weighted by Crippen LogP contribution is -2.26. The molecule has 0 radical (unpaired) electrons. The number of rotatable bonds is 3. The zero-order valence-electron chi connectivity index (χ0n) is 11.3. The van der Waals surface area contributed by atoms with Crippen LogP contribution in [0.4, 0.5) is 5.69 Å². The summed E-state index contributed by atoms with van der Waals surface area (Å²) in [6.07, 6.45) is 2.92. The monoisotopic (exact) mass is 286 g/mol. The molecule has 1 aliphatic rings. The maximum Gasteiger partial charge on any atom is 0.0889 e. The van der Waals surface area contributed by atoms with Crippen molar-refractivity contribution in [3.05, 3.63) is 52.2 Å². The number of nitrogens with zero attached hydrogens (tertiary/aromatic N) is 2. The van der Waals surface area contributed by atoms with Crippen molar-refractivity contribution in [2.75, 3.05) is 18.0 Å². The van der Waals surface area contributed by atoms with Crippen LogP contribution in [0.15, 0.2) is 46.2 Å². The summed E-state index contributed by atoms with van der Waals surface area (Å²) in [6, 6.07) is 10.4. The van der Waals surface area contributed by atoms with Crippen LogP contribution in [0.25, 0.3) is 0 Å². The van der Waals surface area contributed by atoms with E-state index >= 15 is 0 Å². The molecule has 0 aliphatic carbocycles. The van der Waals surface area contributed by atoms with E-state index in [4.69, 9.17) is 0 Å². The standard InChI is InChI=1S/C16H18N2OS/c19-17-15-5-3-9-18(10-7-13-8-11-20-12-13)16-6-2-1-4-14(15)16/h1-2,4,6,8,11-12,19H,3,5,7,9-10H2/b17-15-. The summed E-state index contributed by atoms with van der Waals surface area (Å²) < 4.78 is 0. The summed E-state index contributed by atoms with van der Waals surface area (Å²) in [5.74, 6) is 0. The minimum Gasteiger partial charge on any atom is -0.411 e. The first kappa shape index (κ1) is 13.2. The predicted octanol–water partition coefficient (Wildman–Crippen LogP) is 3.77. The van der Waals surface area contributed by atoms with Crippen molar-refractivity contribution < 1.29 is 5.21 Å². The van der Waals surface area contributed by atoms with E-state index < -0.39 is 0 Å². The number of hydrogen-bond donors (Lipinski definition) is 1. The van der Waals surface area contributed by atoms with E-state index in [1.54, 1.807) is 11.3 Å². The third kappa shape index (κ3) is 2.70. The SMILES string of the molecule is O/N=C1/CCCN(CCc2ccsc2)c2ccccc21. The van der Waals surface area contributed by atoms with E-state index in [2.05, 4.69) is 39.0 Å². The molecular formula is C16H18N2OS. The molecule has 0 spiro atoms. The normalized spacial score (nSPS) is 17.0. The highest BCUT2D eigenvalue weighted by molar-refractivity contribution is 7.07. The highest BCUT2D eigenvalue weighted by atomic mass is 32.1. The Morgan fingerprint density at radius 2 is 2.15 bits per heavy atom. The van der Waals surface area contributed by atoms with E-state index in [-0.39, 0.29) is 0 Å². The van der Waals surface area contributed by atoms with Gasteiger partial charge in [0.15, 0.2) is 0 Å². The fourth-order valence-corrected chi connectivity index (χ4v) is 3.42. The van der Waals surface area contributed by atoms with Crippen molar-refractivity contribution in [2.24, 2.45) is 5.16 Å². The Balaban J connectivity index is 1.84. The van der Waals surface area contributed by atoms with Crippen LogP contribution in [-0.2, 0) is 6.42 Å². The Morgan fingerprint density at radius 1 is 1.25 bits per heavy atom. The summed E-state index contributed by atoms with van der Waals surface area (Å²) in [6.45, 7) is 2.02. The summed E-state index contributed by atoms with van der Waals surface area (Å²) in [4.78, 5) is 2.41. The van der Waals surface area contributed by atoms with E-state index in [0.717, 1.165) is 43.6 Å². The first-order chi connectivity index (χ1) is 9.88. The van der Waals surface area contributed by atoms with E-state index in [1.807, 2.05) is 12.1 Å². The topological polar surface area (TPSA) is 35.8 Å². The van der Waals surface area contributed by atoms with Crippen LogP contribution in [0.1, 0.15) is 24.0 Å².